The molecule has 0 aliphatic carbocycles. The molecular formula is C12H22N2O3S. The van der Waals surface area contributed by atoms with Crippen LogP contribution in [0.15, 0.2) is 0 Å². The van der Waals surface area contributed by atoms with Crippen molar-refractivity contribution in [3.8, 4) is 0 Å². The van der Waals surface area contributed by atoms with Gasteiger partial charge in [0.1, 0.15) is 6.04 Å². The van der Waals surface area contributed by atoms with Crippen molar-refractivity contribution in [3.63, 3.8) is 0 Å². The Morgan fingerprint density at radius 3 is 2.56 bits per heavy atom. The molecule has 18 heavy (non-hydrogen) atoms. The van der Waals surface area contributed by atoms with E-state index in [0.717, 1.165) is 12.8 Å². The molecule has 1 amide bonds. The van der Waals surface area contributed by atoms with Gasteiger partial charge in [-0.25, -0.2) is 4.79 Å². The molecule has 1 fully saturated rings. The molecule has 0 spiro atoms. The number of hydrogen-bond donors (Lipinski definition) is 2. The number of carboxylic acid groups (broad SMARTS) is 1. The van der Waals surface area contributed by atoms with E-state index < -0.39 is 18.1 Å². The molecule has 4 unspecified atom stereocenters. The van der Waals surface area contributed by atoms with E-state index in [1.165, 1.54) is 16.7 Å². The lowest BCUT2D eigenvalue weighted by Gasteiger charge is -2.31. The van der Waals surface area contributed by atoms with Gasteiger partial charge in [0.25, 0.3) is 0 Å². The number of nitrogens with two attached hydrogens (primary N) is 1. The molecule has 0 aromatic heterocycles. The van der Waals surface area contributed by atoms with Gasteiger partial charge in [0, 0.05) is 5.75 Å². The van der Waals surface area contributed by atoms with Crippen molar-refractivity contribution in [2.75, 3.05) is 5.75 Å². The third-order valence-electron chi connectivity index (χ3n) is 3.52. The molecule has 0 aromatic carbocycles. The van der Waals surface area contributed by atoms with Gasteiger partial charge < -0.3 is 15.7 Å². The summed E-state index contributed by atoms with van der Waals surface area (Å²) in [5.74, 6) is -0.654. The Kier molecular flexibility index (Phi) is 5.47. The highest BCUT2D eigenvalue weighted by Crippen LogP contribution is 2.32. The Labute approximate surface area is 112 Å². The van der Waals surface area contributed by atoms with Gasteiger partial charge in [-0.2, -0.15) is 0 Å². The van der Waals surface area contributed by atoms with Crippen LogP contribution < -0.4 is 5.73 Å². The summed E-state index contributed by atoms with van der Waals surface area (Å²) in [5.41, 5.74) is 5.94. The van der Waals surface area contributed by atoms with Crippen molar-refractivity contribution in [1.82, 2.24) is 4.90 Å². The zero-order chi connectivity index (χ0) is 13.9. The van der Waals surface area contributed by atoms with E-state index in [1.807, 2.05) is 20.8 Å². The van der Waals surface area contributed by atoms with Gasteiger partial charge in [-0.15, -0.1) is 11.8 Å². The average molecular weight is 274 g/mol. The summed E-state index contributed by atoms with van der Waals surface area (Å²) in [6.07, 6.45) is 1.55. The normalized spacial score (nSPS) is 27.0. The average Bonchev–Trinajstić information content (AvgIpc) is 2.79. The summed E-state index contributed by atoms with van der Waals surface area (Å²) in [6.45, 7) is 5.85. The number of carbonyl (C=O) groups is 2. The number of hydrogen-bond acceptors (Lipinski definition) is 4. The van der Waals surface area contributed by atoms with Crippen molar-refractivity contribution in [1.29, 1.82) is 0 Å². The maximum atomic E-state index is 12.4. The van der Waals surface area contributed by atoms with Crippen LogP contribution in [0.4, 0.5) is 0 Å². The lowest BCUT2D eigenvalue weighted by Crippen LogP contribution is -2.53. The lowest BCUT2D eigenvalue weighted by molar-refractivity contribution is -0.150. The molecule has 1 aliphatic heterocycles. The second-order valence-corrected chi connectivity index (χ2v) is 5.92. The van der Waals surface area contributed by atoms with Gasteiger partial charge in [0.15, 0.2) is 0 Å². The van der Waals surface area contributed by atoms with E-state index >= 15 is 0 Å². The van der Waals surface area contributed by atoms with Crippen LogP contribution in [0.3, 0.4) is 0 Å². The fraction of sp³-hybridized carbons (Fsp3) is 0.833. The predicted octanol–water partition coefficient (Wildman–Crippen LogP) is 1.12. The zero-order valence-electron chi connectivity index (χ0n) is 11.1. The Balaban J connectivity index is 2.87. The van der Waals surface area contributed by atoms with E-state index in [2.05, 4.69) is 0 Å². The summed E-state index contributed by atoms with van der Waals surface area (Å²) in [5, 5.41) is 9.11. The topological polar surface area (TPSA) is 83.6 Å². The Morgan fingerprint density at radius 2 is 2.11 bits per heavy atom. The van der Waals surface area contributed by atoms with Gasteiger partial charge in [-0.1, -0.05) is 27.2 Å². The van der Waals surface area contributed by atoms with Crippen LogP contribution in [-0.2, 0) is 9.59 Å². The minimum Gasteiger partial charge on any atom is -0.480 e. The monoisotopic (exact) mass is 274 g/mol. The molecular weight excluding hydrogens is 252 g/mol. The number of carboxylic acids is 1. The SMILES string of the molecule is CCC(C)C(N)C(=O)N1C(CC)SCC1C(=O)O. The van der Waals surface area contributed by atoms with Crippen molar-refractivity contribution in [3.05, 3.63) is 0 Å². The highest BCUT2D eigenvalue weighted by Gasteiger charge is 2.42. The smallest absolute Gasteiger partial charge is 0.327 e. The van der Waals surface area contributed by atoms with E-state index in [0.29, 0.717) is 5.75 Å². The summed E-state index contributed by atoms with van der Waals surface area (Å²) >= 11 is 1.52. The van der Waals surface area contributed by atoms with Crippen LogP contribution in [-0.4, -0.2) is 45.1 Å². The molecule has 6 heteroatoms. The Bertz CT molecular complexity index is 324. The molecule has 1 aliphatic rings. The van der Waals surface area contributed by atoms with Crippen LogP contribution in [0.1, 0.15) is 33.6 Å². The first-order valence-corrected chi connectivity index (χ1v) is 7.41. The van der Waals surface area contributed by atoms with Crippen molar-refractivity contribution >= 4 is 23.6 Å². The number of carbonyl (C=O) groups excluding carboxylic acids is 1. The first kappa shape index (κ1) is 15.3. The largest absolute Gasteiger partial charge is 0.480 e. The maximum Gasteiger partial charge on any atom is 0.327 e. The molecule has 4 atom stereocenters. The Morgan fingerprint density at radius 1 is 1.50 bits per heavy atom. The fourth-order valence-corrected chi connectivity index (χ4v) is 3.39. The third kappa shape index (κ3) is 2.98. The molecule has 0 radical (unpaired) electrons. The Hall–Kier alpha value is -0.750. The fourth-order valence-electron chi connectivity index (χ4n) is 2.03. The minimum atomic E-state index is -0.942. The van der Waals surface area contributed by atoms with E-state index in [9.17, 15) is 14.7 Å². The lowest BCUT2D eigenvalue weighted by atomic mass is 9.98. The van der Waals surface area contributed by atoms with E-state index in [1.54, 1.807) is 0 Å². The third-order valence-corrected chi connectivity index (χ3v) is 4.98. The highest BCUT2D eigenvalue weighted by atomic mass is 32.2. The summed E-state index contributed by atoms with van der Waals surface area (Å²) in [4.78, 5) is 25.0. The molecule has 1 heterocycles. The first-order chi connectivity index (χ1) is 8.43. The van der Waals surface area contributed by atoms with E-state index in [4.69, 9.17) is 5.73 Å². The zero-order valence-corrected chi connectivity index (χ0v) is 11.9. The minimum absolute atomic E-state index is 0.0614. The molecule has 3 N–H and O–H groups in total. The van der Waals surface area contributed by atoms with Crippen LogP contribution in [0, 0.1) is 5.92 Å². The number of aliphatic carboxylic acids is 1. The number of thioether (sulfide) groups is 1. The molecule has 1 rings (SSSR count). The van der Waals surface area contributed by atoms with Crippen molar-refractivity contribution in [2.24, 2.45) is 11.7 Å². The van der Waals surface area contributed by atoms with E-state index in [-0.39, 0.29) is 17.2 Å². The quantitative estimate of drug-likeness (QED) is 0.785. The molecule has 1 saturated heterocycles. The van der Waals surface area contributed by atoms with Gasteiger partial charge in [-0.05, 0) is 12.3 Å². The number of nitrogens with zero attached hydrogens (tertiary/aromatic N) is 1. The van der Waals surface area contributed by atoms with Gasteiger partial charge in [0.2, 0.25) is 5.91 Å². The van der Waals surface area contributed by atoms with Crippen molar-refractivity contribution < 1.29 is 14.7 Å². The molecule has 0 aromatic rings. The second-order valence-electron chi connectivity index (χ2n) is 4.71. The molecule has 0 saturated carbocycles. The highest BCUT2D eigenvalue weighted by molar-refractivity contribution is 8.00. The summed E-state index contributed by atoms with van der Waals surface area (Å²) < 4.78 is 0. The number of rotatable bonds is 5. The summed E-state index contributed by atoms with van der Waals surface area (Å²) in [6, 6.07) is -1.34. The van der Waals surface area contributed by atoms with Crippen LogP contribution in [0.5, 0.6) is 0 Å². The van der Waals surface area contributed by atoms with Gasteiger partial charge in [0.05, 0.1) is 11.4 Å². The van der Waals surface area contributed by atoms with Gasteiger partial charge in [-0.3, -0.25) is 4.79 Å². The predicted molar refractivity (Wildman–Crippen MR) is 72.2 cm³/mol. The molecule has 104 valence electrons. The van der Waals surface area contributed by atoms with Crippen LogP contribution in [0.2, 0.25) is 0 Å². The van der Waals surface area contributed by atoms with Crippen LogP contribution >= 0.6 is 11.8 Å². The molecule has 0 bridgehead atoms. The number of amides is 1. The first-order valence-electron chi connectivity index (χ1n) is 6.36. The summed E-state index contributed by atoms with van der Waals surface area (Å²) in [7, 11) is 0. The molecule has 5 nitrogen and oxygen atoms in total. The van der Waals surface area contributed by atoms with Crippen molar-refractivity contribution in [2.45, 2.75) is 51.1 Å². The maximum absolute atomic E-state index is 12.4. The van der Waals surface area contributed by atoms with Gasteiger partial charge >= 0.3 is 5.97 Å². The standard InChI is InChI=1S/C12H22N2O3S/c1-4-7(3)10(13)11(15)14-8(12(16)17)6-18-9(14)5-2/h7-10H,4-6,13H2,1-3H3,(H,16,17). The van der Waals surface area contributed by atoms with Crippen LogP contribution in [0.25, 0.3) is 0 Å². The second kappa shape index (κ2) is 6.43.